The van der Waals surface area contributed by atoms with Crippen LogP contribution in [0.15, 0.2) is 36.4 Å². The van der Waals surface area contributed by atoms with Crippen molar-refractivity contribution in [1.29, 1.82) is 0 Å². The highest BCUT2D eigenvalue weighted by atomic mass is 15.0. The zero-order valence-electron chi connectivity index (χ0n) is 12.5. The molecule has 0 spiro atoms. The van der Waals surface area contributed by atoms with E-state index in [4.69, 9.17) is 5.73 Å². The molecule has 4 heteroatoms. The fourth-order valence-corrected chi connectivity index (χ4v) is 2.62. The van der Waals surface area contributed by atoms with Crippen LogP contribution in [0, 0.1) is 6.92 Å². The third-order valence-corrected chi connectivity index (χ3v) is 3.57. The van der Waals surface area contributed by atoms with Gasteiger partial charge in [-0.25, -0.2) is 15.0 Å². The summed E-state index contributed by atoms with van der Waals surface area (Å²) >= 11 is 0. The van der Waals surface area contributed by atoms with E-state index in [1.165, 1.54) is 0 Å². The van der Waals surface area contributed by atoms with E-state index in [9.17, 15) is 0 Å². The Hall–Kier alpha value is -2.49. The number of anilines is 1. The van der Waals surface area contributed by atoms with E-state index in [-0.39, 0.29) is 0 Å². The van der Waals surface area contributed by atoms with E-state index in [1.54, 1.807) is 0 Å². The van der Waals surface area contributed by atoms with Gasteiger partial charge in [-0.2, -0.15) is 0 Å². The first-order valence-electron chi connectivity index (χ1n) is 7.06. The highest BCUT2D eigenvalue weighted by molar-refractivity contribution is 5.80. The Morgan fingerprint density at radius 3 is 2.43 bits per heavy atom. The summed E-state index contributed by atoms with van der Waals surface area (Å²) in [6, 6.07) is 12.0. The minimum atomic E-state index is 0.309. The lowest BCUT2D eigenvalue weighted by molar-refractivity contribution is 0.835. The Bertz CT molecular complexity index is 786. The first kappa shape index (κ1) is 13.5. The molecule has 0 saturated heterocycles. The van der Waals surface area contributed by atoms with Gasteiger partial charge in [0.25, 0.3) is 0 Å². The molecule has 0 atom stereocenters. The SMILES string of the molecule is Cc1nc(-c2ccc3ccccc3n2)nc(N)c1C(C)C. The molecule has 0 saturated carbocycles. The maximum Gasteiger partial charge on any atom is 0.180 e. The summed E-state index contributed by atoms with van der Waals surface area (Å²) in [6.45, 7) is 6.16. The van der Waals surface area contributed by atoms with Gasteiger partial charge in [0.15, 0.2) is 5.82 Å². The van der Waals surface area contributed by atoms with E-state index in [2.05, 4.69) is 28.8 Å². The molecule has 0 aliphatic rings. The zero-order chi connectivity index (χ0) is 15.0. The van der Waals surface area contributed by atoms with Crippen LogP contribution in [0.1, 0.15) is 31.0 Å². The Morgan fingerprint density at radius 2 is 1.71 bits per heavy atom. The molecular formula is C17H18N4. The van der Waals surface area contributed by atoms with E-state index in [0.717, 1.165) is 27.9 Å². The fourth-order valence-electron chi connectivity index (χ4n) is 2.62. The molecule has 0 aliphatic heterocycles. The summed E-state index contributed by atoms with van der Waals surface area (Å²) in [5.41, 5.74) is 9.71. The van der Waals surface area contributed by atoms with Gasteiger partial charge in [-0.1, -0.05) is 38.1 Å². The fraction of sp³-hybridized carbons (Fsp3) is 0.235. The van der Waals surface area contributed by atoms with Gasteiger partial charge in [0, 0.05) is 16.6 Å². The number of para-hydroxylation sites is 1. The van der Waals surface area contributed by atoms with Crippen molar-refractivity contribution < 1.29 is 0 Å². The number of rotatable bonds is 2. The summed E-state index contributed by atoms with van der Waals surface area (Å²) in [5.74, 6) is 1.44. The second-order valence-electron chi connectivity index (χ2n) is 5.48. The van der Waals surface area contributed by atoms with Gasteiger partial charge >= 0.3 is 0 Å². The number of hydrogen-bond acceptors (Lipinski definition) is 4. The topological polar surface area (TPSA) is 64.7 Å². The lowest BCUT2D eigenvalue weighted by Crippen LogP contribution is -2.07. The van der Waals surface area contributed by atoms with Crippen LogP contribution in [-0.4, -0.2) is 15.0 Å². The summed E-state index contributed by atoms with van der Waals surface area (Å²) in [5, 5.41) is 1.10. The first-order valence-corrected chi connectivity index (χ1v) is 7.06. The Labute approximate surface area is 124 Å². The molecule has 4 nitrogen and oxygen atoms in total. The molecule has 0 unspecified atom stereocenters. The maximum atomic E-state index is 6.09. The minimum Gasteiger partial charge on any atom is -0.383 e. The van der Waals surface area contributed by atoms with Crippen molar-refractivity contribution in [2.24, 2.45) is 0 Å². The second-order valence-corrected chi connectivity index (χ2v) is 5.48. The number of aryl methyl sites for hydroxylation is 1. The van der Waals surface area contributed by atoms with Crippen molar-refractivity contribution in [2.75, 3.05) is 5.73 Å². The van der Waals surface area contributed by atoms with Gasteiger partial charge in [0.2, 0.25) is 0 Å². The van der Waals surface area contributed by atoms with Crippen LogP contribution in [0.3, 0.4) is 0 Å². The molecule has 106 valence electrons. The number of nitrogen functional groups attached to an aromatic ring is 1. The van der Waals surface area contributed by atoms with Gasteiger partial charge < -0.3 is 5.73 Å². The van der Waals surface area contributed by atoms with Crippen LogP contribution in [0.5, 0.6) is 0 Å². The molecule has 0 bridgehead atoms. The third-order valence-electron chi connectivity index (χ3n) is 3.57. The zero-order valence-corrected chi connectivity index (χ0v) is 12.5. The molecule has 21 heavy (non-hydrogen) atoms. The number of benzene rings is 1. The van der Waals surface area contributed by atoms with E-state index < -0.39 is 0 Å². The molecule has 0 aliphatic carbocycles. The molecule has 0 radical (unpaired) electrons. The molecule has 0 amide bonds. The van der Waals surface area contributed by atoms with Crippen molar-refractivity contribution in [3.63, 3.8) is 0 Å². The Morgan fingerprint density at radius 1 is 0.952 bits per heavy atom. The van der Waals surface area contributed by atoms with E-state index >= 15 is 0 Å². The number of aromatic nitrogens is 3. The molecule has 0 fully saturated rings. The molecule has 2 aromatic heterocycles. The molecular weight excluding hydrogens is 260 g/mol. The van der Waals surface area contributed by atoms with Crippen molar-refractivity contribution in [3.05, 3.63) is 47.7 Å². The number of hydrogen-bond donors (Lipinski definition) is 1. The average molecular weight is 278 g/mol. The standard InChI is InChI=1S/C17H18N4/c1-10(2)15-11(3)19-17(21-16(15)18)14-9-8-12-6-4-5-7-13(12)20-14/h4-10H,1-3H3,(H2,18,19,21). The van der Waals surface area contributed by atoms with Gasteiger partial charge in [0.1, 0.15) is 11.5 Å². The van der Waals surface area contributed by atoms with Gasteiger partial charge in [-0.15, -0.1) is 0 Å². The Balaban J connectivity index is 2.14. The molecule has 3 aromatic rings. The number of pyridine rings is 1. The van der Waals surface area contributed by atoms with Crippen molar-refractivity contribution >= 4 is 16.7 Å². The maximum absolute atomic E-state index is 6.09. The average Bonchev–Trinajstić information content (AvgIpc) is 2.45. The quantitative estimate of drug-likeness (QED) is 0.776. The van der Waals surface area contributed by atoms with E-state index in [0.29, 0.717) is 17.6 Å². The highest BCUT2D eigenvalue weighted by Gasteiger charge is 2.14. The number of fused-ring (bicyclic) bond motifs is 1. The molecule has 2 heterocycles. The monoisotopic (exact) mass is 278 g/mol. The van der Waals surface area contributed by atoms with Crippen LogP contribution in [0.25, 0.3) is 22.4 Å². The highest BCUT2D eigenvalue weighted by Crippen LogP contribution is 2.26. The summed E-state index contributed by atoms with van der Waals surface area (Å²) in [6.07, 6.45) is 0. The van der Waals surface area contributed by atoms with Crippen molar-refractivity contribution in [2.45, 2.75) is 26.7 Å². The molecule has 1 aromatic carbocycles. The predicted molar refractivity (Wildman–Crippen MR) is 86.0 cm³/mol. The lowest BCUT2D eigenvalue weighted by Gasteiger charge is -2.13. The first-order chi connectivity index (χ1) is 10.1. The van der Waals surface area contributed by atoms with Gasteiger partial charge in [0.05, 0.1) is 5.52 Å². The molecule has 3 rings (SSSR count). The van der Waals surface area contributed by atoms with Gasteiger partial charge in [-0.05, 0) is 25.0 Å². The number of nitrogens with zero attached hydrogens (tertiary/aromatic N) is 3. The lowest BCUT2D eigenvalue weighted by atomic mass is 10.0. The summed E-state index contributed by atoms with van der Waals surface area (Å²) < 4.78 is 0. The van der Waals surface area contributed by atoms with Crippen LogP contribution < -0.4 is 5.73 Å². The van der Waals surface area contributed by atoms with Crippen LogP contribution in [0.2, 0.25) is 0 Å². The Kier molecular flexibility index (Phi) is 3.29. The van der Waals surface area contributed by atoms with Crippen molar-refractivity contribution in [1.82, 2.24) is 15.0 Å². The summed E-state index contributed by atoms with van der Waals surface area (Å²) in [4.78, 5) is 13.6. The predicted octanol–water partition coefficient (Wildman–Crippen LogP) is 3.71. The number of nitrogens with two attached hydrogens (primary N) is 1. The third kappa shape index (κ3) is 2.44. The molecule has 2 N–H and O–H groups in total. The summed E-state index contributed by atoms with van der Waals surface area (Å²) in [7, 11) is 0. The van der Waals surface area contributed by atoms with Crippen LogP contribution in [0.4, 0.5) is 5.82 Å². The smallest absolute Gasteiger partial charge is 0.180 e. The van der Waals surface area contributed by atoms with Gasteiger partial charge in [-0.3, -0.25) is 0 Å². The van der Waals surface area contributed by atoms with Crippen LogP contribution in [-0.2, 0) is 0 Å². The second kappa shape index (κ2) is 5.13. The van der Waals surface area contributed by atoms with Crippen molar-refractivity contribution in [3.8, 4) is 11.5 Å². The van der Waals surface area contributed by atoms with E-state index in [1.807, 2.05) is 43.3 Å². The normalized spacial score (nSPS) is 11.2. The van der Waals surface area contributed by atoms with Crippen LogP contribution >= 0.6 is 0 Å². The largest absolute Gasteiger partial charge is 0.383 e. The minimum absolute atomic E-state index is 0.309.